The molecule has 1 amide bonds. The first-order valence-corrected chi connectivity index (χ1v) is 10.2. The van der Waals surface area contributed by atoms with Gasteiger partial charge in [-0.3, -0.25) is 4.90 Å². The number of hydrogen-bond donors (Lipinski definition) is 0. The van der Waals surface area contributed by atoms with Gasteiger partial charge in [0.15, 0.2) is 0 Å². The zero-order valence-corrected chi connectivity index (χ0v) is 18.8. The topological polar surface area (TPSA) is 55.8 Å². The van der Waals surface area contributed by atoms with E-state index in [-0.39, 0.29) is 6.54 Å². The molecule has 162 valence electrons. The Morgan fingerprint density at radius 2 is 1.23 bits per heavy atom. The van der Waals surface area contributed by atoms with Gasteiger partial charge in [-0.2, -0.15) is 0 Å². The maximum atomic E-state index is 13.2. The van der Waals surface area contributed by atoms with Gasteiger partial charge in [-0.25, -0.2) is 9.59 Å². The number of ether oxygens (including phenoxy) is 2. The van der Waals surface area contributed by atoms with Crippen LogP contribution in [0.15, 0.2) is 60.7 Å². The van der Waals surface area contributed by atoms with Gasteiger partial charge in [-0.05, 0) is 52.7 Å². The van der Waals surface area contributed by atoms with Crippen molar-refractivity contribution in [3.63, 3.8) is 0 Å². The summed E-state index contributed by atoms with van der Waals surface area (Å²) < 4.78 is 11.3. The van der Waals surface area contributed by atoms with Crippen molar-refractivity contribution in [2.75, 3.05) is 0 Å². The fraction of sp³-hybridized carbons (Fsp3) is 0.440. The Labute approximate surface area is 180 Å². The Kier molecular flexibility index (Phi) is 7.65. The molecule has 30 heavy (non-hydrogen) atoms. The maximum Gasteiger partial charge on any atom is 0.411 e. The van der Waals surface area contributed by atoms with E-state index in [0.29, 0.717) is 6.42 Å². The molecule has 0 saturated heterocycles. The van der Waals surface area contributed by atoms with Crippen LogP contribution in [0, 0.1) is 0 Å². The number of rotatable bonds is 6. The molecule has 5 heteroatoms. The van der Waals surface area contributed by atoms with Crippen molar-refractivity contribution in [3.05, 3.63) is 71.8 Å². The summed E-state index contributed by atoms with van der Waals surface area (Å²) in [4.78, 5) is 27.8. The lowest BCUT2D eigenvalue weighted by Crippen LogP contribution is -2.49. The van der Waals surface area contributed by atoms with E-state index in [4.69, 9.17) is 9.47 Å². The normalized spacial score (nSPS) is 12.7. The van der Waals surface area contributed by atoms with Gasteiger partial charge in [0, 0.05) is 13.0 Å². The molecule has 0 unspecified atom stereocenters. The Balaban J connectivity index is 2.42. The SMILES string of the molecule is CC(C)(C)OC(=O)[C@H](Cc1ccccc1)N(Cc1ccccc1)C(=O)OC(C)(C)C. The van der Waals surface area contributed by atoms with Crippen molar-refractivity contribution < 1.29 is 19.1 Å². The maximum absolute atomic E-state index is 13.2. The Morgan fingerprint density at radius 3 is 1.70 bits per heavy atom. The van der Waals surface area contributed by atoms with Gasteiger partial charge in [0.25, 0.3) is 0 Å². The van der Waals surface area contributed by atoms with Crippen molar-refractivity contribution in [2.45, 2.75) is 71.8 Å². The largest absolute Gasteiger partial charge is 0.458 e. The van der Waals surface area contributed by atoms with E-state index in [1.54, 1.807) is 0 Å². The third-order valence-corrected chi connectivity index (χ3v) is 4.15. The highest BCUT2D eigenvalue weighted by Gasteiger charge is 2.36. The number of carbonyl (C=O) groups excluding carboxylic acids is 2. The second-order valence-electron chi connectivity index (χ2n) is 9.33. The van der Waals surface area contributed by atoms with Gasteiger partial charge in [-0.1, -0.05) is 60.7 Å². The molecule has 0 aliphatic rings. The molecular formula is C25H33NO4. The average molecular weight is 412 g/mol. The first-order valence-electron chi connectivity index (χ1n) is 10.2. The third kappa shape index (κ3) is 7.90. The van der Waals surface area contributed by atoms with Gasteiger partial charge in [0.05, 0.1) is 0 Å². The van der Waals surface area contributed by atoms with E-state index in [2.05, 4.69) is 0 Å². The number of carbonyl (C=O) groups is 2. The number of nitrogens with zero attached hydrogens (tertiary/aromatic N) is 1. The monoisotopic (exact) mass is 411 g/mol. The van der Waals surface area contributed by atoms with Gasteiger partial charge < -0.3 is 9.47 Å². The van der Waals surface area contributed by atoms with Gasteiger partial charge in [-0.15, -0.1) is 0 Å². The minimum atomic E-state index is -0.818. The fourth-order valence-corrected chi connectivity index (χ4v) is 2.93. The summed E-state index contributed by atoms with van der Waals surface area (Å²) in [5, 5.41) is 0. The standard InChI is InChI=1S/C25H33NO4/c1-24(2,3)29-22(27)21(17-19-13-9-7-10-14-19)26(23(28)30-25(4,5)6)18-20-15-11-8-12-16-20/h7-16,21H,17-18H2,1-6H3/t21-/m0/s1. The summed E-state index contributed by atoms with van der Waals surface area (Å²) in [7, 11) is 0. The number of amides is 1. The molecule has 1 atom stereocenters. The van der Waals surface area contributed by atoms with Crippen LogP contribution in [0.1, 0.15) is 52.7 Å². The van der Waals surface area contributed by atoms with Gasteiger partial charge >= 0.3 is 12.1 Å². The molecule has 0 aliphatic carbocycles. The summed E-state index contributed by atoms with van der Waals surface area (Å²) in [6.45, 7) is 11.1. The van der Waals surface area contributed by atoms with Crippen LogP contribution < -0.4 is 0 Å². The molecular weight excluding hydrogens is 378 g/mol. The fourth-order valence-electron chi connectivity index (χ4n) is 2.93. The smallest absolute Gasteiger partial charge is 0.411 e. The van der Waals surface area contributed by atoms with Crippen molar-refractivity contribution in [1.29, 1.82) is 0 Å². The zero-order valence-electron chi connectivity index (χ0n) is 18.8. The lowest BCUT2D eigenvalue weighted by Gasteiger charge is -2.34. The van der Waals surface area contributed by atoms with E-state index in [1.165, 1.54) is 4.90 Å². The Bertz CT molecular complexity index is 748. The molecule has 0 fully saturated rings. The molecule has 0 radical (unpaired) electrons. The Morgan fingerprint density at radius 1 is 0.767 bits per heavy atom. The lowest BCUT2D eigenvalue weighted by atomic mass is 10.0. The van der Waals surface area contributed by atoms with Crippen LogP contribution in [-0.4, -0.2) is 34.2 Å². The van der Waals surface area contributed by atoms with Crippen molar-refractivity contribution in [2.24, 2.45) is 0 Å². The highest BCUT2D eigenvalue weighted by molar-refractivity contribution is 5.82. The predicted octanol–water partition coefficient (Wildman–Crippen LogP) is 5.38. The van der Waals surface area contributed by atoms with Gasteiger partial charge in [0.2, 0.25) is 0 Å². The van der Waals surface area contributed by atoms with Gasteiger partial charge in [0.1, 0.15) is 17.2 Å². The van der Waals surface area contributed by atoms with Crippen LogP contribution in [0.2, 0.25) is 0 Å². The van der Waals surface area contributed by atoms with Crippen LogP contribution >= 0.6 is 0 Å². The molecule has 5 nitrogen and oxygen atoms in total. The summed E-state index contributed by atoms with van der Waals surface area (Å²) in [5.74, 6) is -0.451. The minimum absolute atomic E-state index is 0.243. The summed E-state index contributed by atoms with van der Waals surface area (Å²) in [6.07, 6.45) is -0.208. The lowest BCUT2D eigenvalue weighted by molar-refractivity contribution is -0.161. The van der Waals surface area contributed by atoms with E-state index >= 15 is 0 Å². The zero-order chi connectivity index (χ0) is 22.4. The second-order valence-corrected chi connectivity index (χ2v) is 9.33. The van der Waals surface area contributed by atoms with Crippen LogP contribution in [0.25, 0.3) is 0 Å². The van der Waals surface area contributed by atoms with E-state index in [9.17, 15) is 9.59 Å². The summed E-state index contributed by atoms with van der Waals surface area (Å²) >= 11 is 0. The van der Waals surface area contributed by atoms with Crippen LogP contribution in [0.3, 0.4) is 0 Å². The molecule has 2 aromatic carbocycles. The number of hydrogen-bond acceptors (Lipinski definition) is 4. The van der Waals surface area contributed by atoms with Crippen molar-refractivity contribution in [1.82, 2.24) is 4.90 Å². The molecule has 0 heterocycles. The highest BCUT2D eigenvalue weighted by atomic mass is 16.6. The summed E-state index contributed by atoms with van der Waals surface area (Å²) in [5.41, 5.74) is 0.496. The number of esters is 1. The van der Waals surface area contributed by atoms with Crippen molar-refractivity contribution >= 4 is 12.1 Å². The van der Waals surface area contributed by atoms with Crippen LogP contribution in [0.5, 0.6) is 0 Å². The first kappa shape index (κ1) is 23.5. The number of benzene rings is 2. The molecule has 2 aromatic rings. The molecule has 0 bridgehead atoms. The highest BCUT2D eigenvalue weighted by Crippen LogP contribution is 2.21. The predicted molar refractivity (Wildman–Crippen MR) is 118 cm³/mol. The molecule has 0 spiro atoms. The van der Waals surface area contributed by atoms with Crippen molar-refractivity contribution in [3.8, 4) is 0 Å². The second kappa shape index (κ2) is 9.79. The molecule has 0 saturated carbocycles. The van der Waals surface area contributed by atoms with E-state index in [1.807, 2.05) is 102 Å². The van der Waals surface area contributed by atoms with E-state index < -0.39 is 29.3 Å². The molecule has 0 N–H and O–H groups in total. The third-order valence-electron chi connectivity index (χ3n) is 4.15. The summed E-state index contributed by atoms with van der Waals surface area (Å²) in [6, 6.07) is 18.4. The Hall–Kier alpha value is -2.82. The average Bonchev–Trinajstić information content (AvgIpc) is 2.63. The van der Waals surface area contributed by atoms with Crippen LogP contribution in [0.4, 0.5) is 4.79 Å². The first-order chi connectivity index (χ1) is 13.9. The van der Waals surface area contributed by atoms with E-state index in [0.717, 1.165) is 11.1 Å². The molecule has 2 rings (SSSR count). The molecule has 0 aromatic heterocycles. The van der Waals surface area contributed by atoms with Crippen LogP contribution in [-0.2, 0) is 27.2 Å². The molecule has 0 aliphatic heterocycles. The minimum Gasteiger partial charge on any atom is -0.458 e. The quantitative estimate of drug-likeness (QED) is 0.599.